The van der Waals surface area contributed by atoms with Gasteiger partial charge in [-0.1, -0.05) is 19.0 Å². The molecule has 16 heavy (non-hydrogen) atoms. The number of nitrogens with two attached hydrogens (primary N) is 1. The van der Waals surface area contributed by atoms with Crippen LogP contribution in [-0.2, 0) is 13.1 Å². The van der Waals surface area contributed by atoms with E-state index in [2.05, 4.69) is 15.1 Å². The van der Waals surface area contributed by atoms with Crippen molar-refractivity contribution in [1.82, 2.24) is 19.7 Å². The van der Waals surface area contributed by atoms with Crippen LogP contribution in [0.15, 0.2) is 16.9 Å². The molecule has 0 unspecified atom stereocenters. The highest BCUT2D eigenvalue weighted by Gasteiger charge is 2.11. The molecule has 86 valence electrons. The standard InChI is InChI=1S/C10H15N5O/c1-7(2)10-13-9(16-14-10)6-15-4-3-12-8(15)5-11/h3-4,7H,5-6,11H2,1-2H3. The second-order valence-corrected chi connectivity index (χ2v) is 3.88. The second kappa shape index (κ2) is 4.44. The minimum Gasteiger partial charge on any atom is -0.337 e. The number of aromatic nitrogens is 4. The van der Waals surface area contributed by atoms with Crippen molar-refractivity contribution in [2.75, 3.05) is 0 Å². The Hall–Kier alpha value is -1.69. The molecule has 2 N–H and O–H groups in total. The van der Waals surface area contributed by atoms with E-state index in [1.54, 1.807) is 6.20 Å². The molecular weight excluding hydrogens is 206 g/mol. The first-order valence-electron chi connectivity index (χ1n) is 5.23. The van der Waals surface area contributed by atoms with Gasteiger partial charge in [-0.3, -0.25) is 0 Å². The van der Waals surface area contributed by atoms with Gasteiger partial charge in [-0.25, -0.2) is 4.98 Å². The summed E-state index contributed by atoms with van der Waals surface area (Å²) < 4.78 is 7.05. The number of nitrogens with zero attached hydrogens (tertiary/aromatic N) is 4. The Kier molecular flexibility index (Phi) is 3.00. The first-order chi connectivity index (χ1) is 7.70. The molecule has 0 bridgehead atoms. The fourth-order valence-corrected chi connectivity index (χ4v) is 1.39. The Morgan fingerprint density at radius 1 is 1.50 bits per heavy atom. The maximum Gasteiger partial charge on any atom is 0.246 e. The van der Waals surface area contributed by atoms with Crippen molar-refractivity contribution in [3.63, 3.8) is 0 Å². The minimum absolute atomic E-state index is 0.272. The molecule has 0 atom stereocenters. The van der Waals surface area contributed by atoms with Crippen LogP contribution in [0.25, 0.3) is 0 Å². The topological polar surface area (TPSA) is 82.8 Å². The van der Waals surface area contributed by atoms with Gasteiger partial charge in [0.05, 0.1) is 6.54 Å². The van der Waals surface area contributed by atoms with Crippen LogP contribution in [0.4, 0.5) is 0 Å². The fraction of sp³-hybridized carbons (Fsp3) is 0.500. The highest BCUT2D eigenvalue weighted by Crippen LogP contribution is 2.10. The van der Waals surface area contributed by atoms with Gasteiger partial charge in [0.2, 0.25) is 5.89 Å². The monoisotopic (exact) mass is 221 g/mol. The molecule has 2 heterocycles. The van der Waals surface area contributed by atoms with E-state index in [4.69, 9.17) is 10.3 Å². The van der Waals surface area contributed by atoms with E-state index in [1.807, 2.05) is 24.6 Å². The van der Waals surface area contributed by atoms with E-state index in [-0.39, 0.29) is 5.92 Å². The Bertz CT molecular complexity index is 459. The maximum atomic E-state index is 5.55. The first-order valence-corrected chi connectivity index (χ1v) is 5.23. The second-order valence-electron chi connectivity index (χ2n) is 3.88. The van der Waals surface area contributed by atoms with E-state index in [9.17, 15) is 0 Å². The van der Waals surface area contributed by atoms with Crippen molar-refractivity contribution in [2.24, 2.45) is 5.73 Å². The van der Waals surface area contributed by atoms with Crippen LogP contribution in [0.1, 0.15) is 37.3 Å². The predicted octanol–water partition coefficient (Wildman–Crippen LogP) is 0.897. The van der Waals surface area contributed by atoms with E-state index in [0.717, 1.165) is 11.6 Å². The van der Waals surface area contributed by atoms with Gasteiger partial charge < -0.3 is 14.8 Å². The zero-order valence-electron chi connectivity index (χ0n) is 9.42. The predicted molar refractivity (Wildman–Crippen MR) is 57.6 cm³/mol. The molecule has 0 fully saturated rings. The Morgan fingerprint density at radius 3 is 2.94 bits per heavy atom. The molecule has 2 aromatic rings. The lowest BCUT2D eigenvalue weighted by molar-refractivity contribution is 0.363. The van der Waals surface area contributed by atoms with Crippen LogP contribution in [0.5, 0.6) is 0 Å². The normalized spacial score (nSPS) is 11.2. The zero-order valence-corrected chi connectivity index (χ0v) is 9.42. The molecule has 6 nitrogen and oxygen atoms in total. The van der Waals surface area contributed by atoms with Crippen molar-refractivity contribution in [1.29, 1.82) is 0 Å². The van der Waals surface area contributed by atoms with Gasteiger partial charge in [0.1, 0.15) is 12.4 Å². The van der Waals surface area contributed by atoms with Gasteiger partial charge in [-0.2, -0.15) is 4.98 Å². The van der Waals surface area contributed by atoms with Crippen LogP contribution in [0.2, 0.25) is 0 Å². The smallest absolute Gasteiger partial charge is 0.246 e. The molecule has 0 spiro atoms. The van der Waals surface area contributed by atoms with E-state index in [1.165, 1.54) is 0 Å². The van der Waals surface area contributed by atoms with Crippen LogP contribution >= 0.6 is 0 Å². The van der Waals surface area contributed by atoms with Gasteiger partial charge in [0, 0.05) is 18.3 Å². The number of rotatable bonds is 4. The Labute approximate surface area is 93.5 Å². The fourth-order valence-electron chi connectivity index (χ4n) is 1.39. The summed E-state index contributed by atoms with van der Waals surface area (Å²) in [5.41, 5.74) is 5.55. The summed E-state index contributed by atoms with van der Waals surface area (Å²) in [5.74, 6) is 2.39. The third-order valence-electron chi connectivity index (χ3n) is 2.29. The molecule has 0 aliphatic carbocycles. The van der Waals surface area contributed by atoms with Crippen LogP contribution in [0.3, 0.4) is 0 Å². The molecule has 0 aliphatic rings. The Balaban J connectivity index is 2.14. The van der Waals surface area contributed by atoms with Gasteiger partial charge in [-0.05, 0) is 0 Å². The highest BCUT2D eigenvalue weighted by molar-refractivity contribution is 4.97. The quantitative estimate of drug-likeness (QED) is 0.829. The summed E-state index contributed by atoms with van der Waals surface area (Å²) in [6, 6.07) is 0. The highest BCUT2D eigenvalue weighted by atomic mass is 16.5. The number of hydrogen-bond acceptors (Lipinski definition) is 5. The summed E-state index contributed by atoms with van der Waals surface area (Å²) >= 11 is 0. The van der Waals surface area contributed by atoms with Gasteiger partial charge in [0.25, 0.3) is 0 Å². The summed E-state index contributed by atoms with van der Waals surface area (Å²) in [4.78, 5) is 8.41. The van der Waals surface area contributed by atoms with Crippen LogP contribution < -0.4 is 5.73 Å². The molecule has 0 saturated heterocycles. The molecule has 0 aliphatic heterocycles. The van der Waals surface area contributed by atoms with Crippen molar-refractivity contribution >= 4 is 0 Å². The minimum atomic E-state index is 0.272. The zero-order chi connectivity index (χ0) is 11.5. The molecule has 0 amide bonds. The average Bonchev–Trinajstić information content (AvgIpc) is 2.87. The first kappa shape index (κ1) is 10.8. The van der Waals surface area contributed by atoms with Gasteiger partial charge >= 0.3 is 0 Å². The van der Waals surface area contributed by atoms with Crippen LogP contribution in [0, 0.1) is 0 Å². The van der Waals surface area contributed by atoms with E-state index >= 15 is 0 Å². The lowest BCUT2D eigenvalue weighted by Gasteiger charge is -2.01. The van der Waals surface area contributed by atoms with Crippen LogP contribution in [-0.4, -0.2) is 19.7 Å². The maximum absolute atomic E-state index is 5.55. The summed E-state index contributed by atoms with van der Waals surface area (Å²) in [6.45, 7) is 4.97. The molecule has 2 rings (SSSR count). The SMILES string of the molecule is CC(C)c1noc(Cn2ccnc2CN)n1. The molecule has 0 saturated carbocycles. The third-order valence-corrected chi connectivity index (χ3v) is 2.29. The molecule has 0 radical (unpaired) electrons. The largest absolute Gasteiger partial charge is 0.337 e. The van der Waals surface area contributed by atoms with Gasteiger partial charge in [-0.15, -0.1) is 0 Å². The van der Waals surface area contributed by atoms with Crippen molar-refractivity contribution in [3.8, 4) is 0 Å². The van der Waals surface area contributed by atoms with Gasteiger partial charge in [0.15, 0.2) is 5.82 Å². The van der Waals surface area contributed by atoms with Crippen molar-refractivity contribution in [2.45, 2.75) is 32.9 Å². The summed E-state index contributed by atoms with van der Waals surface area (Å²) in [7, 11) is 0. The van der Waals surface area contributed by atoms with Crippen molar-refractivity contribution < 1.29 is 4.52 Å². The number of imidazole rings is 1. The van der Waals surface area contributed by atoms with E-state index in [0.29, 0.717) is 19.0 Å². The van der Waals surface area contributed by atoms with Crippen molar-refractivity contribution in [3.05, 3.63) is 29.9 Å². The lowest BCUT2D eigenvalue weighted by Crippen LogP contribution is -2.09. The Morgan fingerprint density at radius 2 is 2.31 bits per heavy atom. The summed E-state index contributed by atoms with van der Waals surface area (Å²) in [6.07, 6.45) is 3.56. The lowest BCUT2D eigenvalue weighted by atomic mass is 10.2. The molecule has 0 aromatic carbocycles. The number of hydrogen-bond donors (Lipinski definition) is 1. The average molecular weight is 221 g/mol. The molecular formula is C10H15N5O. The molecule has 6 heteroatoms. The van der Waals surface area contributed by atoms with E-state index < -0.39 is 0 Å². The summed E-state index contributed by atoms with van der Waals surface area (Å²) in [5, 5.41) is 3.90. The molecule has 2 aromatic heterocycles. The third kappa shape index (κ3) is 2.11.